The lowest BCUT2D eigenvalue weighted by atomic mass is 9.97. The van der Waals surface area contributed by atoms with Crippen LogP contribution in [0.1, 0.15) is 0 Å². The monoisotopic (exact) mass is 970 g/mol. The minimum Gasteiger partial charge on any atom is -0.455 e. The summed E-state index contributed by atoms with van der Waals surface area (Å²) < 4.78 is 15.3. The summed E-state index contributed by atoms with van der Waals surface area (Å²) >= 11 is 0. The van der Waals surface area contributed by atoms with Gasteiger partial charge in [-0.25, -0.2) is 0 Å². The SMILES string of the molecule is c1cc(-c2ccc(N(c3ccc(-c4cccc(-c5cccc6c5oc5ccccc56)c4)cc3)c3ccc(-c4cccc(-n5c6ccccc6c6ccccc65)c4)cc3)cc2)cc(-c2cccc3c2oc2ccccc23)c1. The van der Waals surface area contributed by atoms with Gasteiger partial charge in [-0.2, -0.15) is 0 Å². The summed E-state index contributed by atoms with van der Waals surface area (Å²) in [7, 11) is 0. The summed E-state index contributed by atoms with van der Waals surface area (Å²) in [5, 5.41) is 7.03. The molecule has 0 atom stereocenters. The first-order valence-corrected chi connectivity index (χ1v) is 25.9. The van der Waals surface area contributed by atoms with Crippen LogP contribution in [0.3, 0.4) is 0 Å². The molecule has 15 aromatic rings. The molecule has 0 radical (unpaired) electrons. The molecule has 4 nitrogen and oxygen atoms in total. The van der Waals surface area contributed by atoms with Crippen LogP contribution in [0, 0.1) is 0 Å². The van der Waals surface area contributed by atoms with Gasteiger partial charge in [0.1, 0.15) is 22.3 Å². The Balaban J connectivity index is 0.787. The minimum atomic E-state index is 0.901. The van der Waals surface area contributed by atoms with Gasteiger partial charge in [0, 0.05) is 66.2 Å². The Hall–Kier alpha value is -10.2. The summed E-state index contributed by atoms with van der Waals surface area (Å²) in [6, 6.07) is 100. The van der Waals surface area contributed by atoms with E-state index in [-0.39, 0.29) is 0 Å². The first kappa shape index (κ1) is 43.4. The van der Waals surface area contributed by atoms with E-state index in [2.05, 4.69) is 264 Å². The van der Waals surface area contributed by atoms with Gasteiger partial charge in [-0.3, -0.25) is 0 Å². The number of hydrogen-bond acceptors (Lipinski definition) is 3. The van der Waals surface area contributed by atoms with Crippen LogP contribution in [0.5, 0.6) is 0 Å². The topological polar surface area (TPSA) is 34.5 Å². The van der Waals surface area contributed by atoms with Crippen LogP contribution in [0.2, 0.25) is 0 Å². The molecule has 0 amide bonds. The Morgan fingerprint density at radius 3 is 1.07 bits per heavy atom. The molecule has 0 bridgehead atoms. The molecular formula is C72H46N2O2. The molecule has 15 rings (SSSR count). The van der Waals surface area contributed by atoms with Crippen molar-refractivity contribution in [3.8, 4) is 61.3 Å². The Kier molecular flexibility index (Phi) is 10.2. The molecule has 0 spiro atoms. The van der Waals surface area contributed by atoms with Crippen LogP contribution < -0.4 is 4.90 Å². The average molecular weight is 971 g/mol. The van der Waals surface area contributed by atoms with E-state index < -0.39 is 0 Å². The Labute approximate surface area is 439 Å². The molecule has 3 heterocycles. The molecule has 0 aliphatic carbocycles. The predicted octanol–water partition coefficient (Wildman–Crippen LogP) is 20.4. The second-order valence-corrected chi connectivity index (χ2v) is 19.6. The van der Waals surface area contributed by atoms with Gasteiger partial charge in [-0.1, -0.05) is 194 Å². The Morgan fingerprint density at radius 2 is 0.605 bits per heavy atom. The number of para-hydroxylation sites is 6. The van der Waals surface area contributed by atoms with Crippen molar-refractivity contribution < 1.29 is 8.83 Å². The van der Waals surface area contributed by atoms with Gasteiger partial charge >= 0.3 is 0 Å². The number of aromatic nitrogens is 1. The Bertz CT molecular complexity index is 4440. The average Bonchev–Trinajstić information content (AvgIpc) is 4.22. The molecule has 0 aliphatic heterocycles. The molecular weight excluding hydrogens is 925 g/mol. The van der Waals surface area contributed by atoms with Crippen molar-refractivity contribution in [3.05, 3.63) is 279 Å². The number of benzene rings is 12. The van der Waals surface area contributed by atoms with Crippen LogP contribution in [0.4, 0.5) is 17.1 Å². The zero-order valence-electron chi connectivity index (χ0n) is 41.3. The molecule has 356 valence electrons. The second kappa shape index (κ2) is 17.8. The zero-order chi connectivity index (χ0) is 50.1. The van der Waals surface area contributed by atoms with E-state index in [1.54, 1.807) is 0 Å². The van der Waals surface area contributed by atoms with E-state index in [1.807, 2.05) is 24.3 Å². The number of nitrogens with zero attached hydrogens (tertiary/aromatic N) is 2. The van der Waals surface area contributed by atoms with Gasteiger partial charge in [-0.05, 0) is 129 Å². The summed E-state index contributed by atoms with van der Waals surface area (Å²) in [5.74, 6) is 0. The van der Waals surface area contributed by atoms with Gasteiger partial charge in [0.2, 0.25) is 0 Å². The summed E-state index contributed by atoms with van der Waals surface area (Å²) in [6.45, 7) is 0. The number of fused-ring (bicyclic) bond motifs is 9. The van der Waals surface area contributed by atoms with Crippen molar-refractivity contribution in [2.75, 3.05) is 4.90 Å². The van der Waals surface area contributed by atoms with Gasteiger partial charge in [-0.15, -0.1) is 0 Å². The lowest BCUT2D eigenvalue weighted by Gasteiger charge is -2.26. The fourth-order valence-electron chi connectivity index (χ4n) is 11.6. The maximum atomic E-state index is 6.46. The predicted molar refractivity (Wildman–Crippen MR) is 317 cm³/mol. The molecule has 3 aromatic heterocycles. The third kappa shape index (κ3) is 7.30. The molecule has 0 fully saturated rings. The van der Waals surface area contributed by atoms with E-state index in [9.17, 15) is 0 Å². The third-order valence-electron chi connectivity index (χ3n) is 15.2. The lowest BCUT2D eigenvalue weighted by molar-refractivity contribution is 0.669. The van der Waals surface area contributed by atoms with Gasteiger partial charge in [0.05, 0.1) is 11.0 Å². The van der Waals surface area contributed by atoms with E-state index in [0.29, 0.717) is 0 Å². The van der Waals surface area contributed by atoms with Crippen LogP contribution in [-0.2, 0) is 0 Å². The normalized spacial score (nSPS) is 11.7. The fourth-order valence-corrected chi connectivity index (χ4v) is 11.6. The van der Waals surface area contributed by atoms with Gasteiger partial charge in [0.15, 0.2) is 0 Å². The van der Waals surface area contributed by atoms with Crippen LogP contribution in [0.15, 0.2) is 288 Å². The maximum absolute atomic E-state index is 6.46. The van der Waals surface area contributed by atoms with Gasteiger partial charge in [0.25, 0.3) is 0 Å². The van der Waals surface area contributed by atoms with Crippen molar-refractivity contribution in [2.45, 2.75) is 0 Å². The molecule has 0 N–H and O–H groups in total. The fraction of sp³-hybridized carbons (Fsp3) is 0. The van der Waals surface area contributed by atoms with Gasteiger partial charge < -0.3 is 18.3 Å². The van der Waals surface area contributed by atoms with Crippen molar-refractivity contribution in [2.24, 2.45) is 0 Å². The third-order valence-corrected chi connectivity index (χ3v) is 15.2. The first-order chi connectivity index (χ1) is 37.7. The van der Waals surface area contributed by atoms with E-state index in [0.717, 1.165) is 122 Å². The van der Waals surface area contributed by atoms with Crippen LogP contribution >= 0.6 is 0 Å². The highest BCUT2D eigenvalue weighted by Gasteiger charge is 2.18. The number of rotatable bonds is 9. The first-order valence-electron chi connectivity index (χ1n) is 25.9. The number of furan rings is 2. The molecule has 12 aromatic carbocycles. The van der Waals surface area contributed by atoms with E-state index in [1.165, 1.54) is 21.8 Å². The highest BCUT2D eigenvalue weighted by Crippen LogP contribution is 2.42. The van der Waals surface area contributed by atoms with Crippen LogP contribution in [0.25, 0.3) is 127 Å². The number of hydrogen-bond donors (Lipinski definition) is 0. The smallest absolute Gasteiger partial charge is 0.143 e. The second-order valence-electron chi connectivity index (χ2n) is 19.6. The zero-order valence-corrected chi connectivity index (χ0v) is 41.3. The lowest BCUT2D eigenvalue weighted by Crippen LogP contribution is -2.09. The van der Waals surface area contributed by atoms with Crippen molar-refractivity contribution in [1.29, 1.82) is 0 Å². The quantitative estimate of drug-likeness (QED) is 0.145. The van der Waals surface area contributed by atoms with Crippen molar-refractivity contribution in [3.63, 3.8) is 0 Å². The molecule has 0 saturated carbocycles. The molecule has 0 unspecified atom stereocenters. The summed E-state index contributed by atoms with van der Waals surface area (Å²) in [5.41, 5.74) is 21.6. The maximum Gasteiger partial charge on any atom is 0.143 e. The highest BCUT2D eigenvalue weighted by atomic mass is 16.3. The summed E-state index contributed by atoms with van der Waals surface area (Å²) in [6.07, 6.45) is 0. The highest BCUT2D eigenvalue weighted by molar-refractivity contribution is 6.11. The molecule has 0 aliphatic rings. The molecule has 0 saturated heterocycles. The summed E-state index contributed by atoms with van der Waals surface area (Å²) in [4.78, 5) is 2.35. The van der Waals surface area contributed by atoms with E-state index in [4.69, 9.17) is 8.83 Å². The largest absolute Gasteiger partial charge is 0.455 e. The van der Waals surface area contributed by atoms with Crippen molar-refractivity contribution >= 4 is 82.7 Å². The van der Waals surface area contributed by atoms with Crippen molar-refractivity contribution in [1.82, 2.24) is 4.57 Å². The molecule has 76 heavy (non-hydrogen) atoms. The minimum absolute atomic E-state index is 0.901. The molecule has 4 heteroatoms. The Morgan fingerprint density at radius 1 is 0.250 bits per heavy atom. The van der Waals surface area contributed by atoms with E-state index >= 15 is 0 Å². The number of anilines is 3. The standard InChI is InChI=1S/C72H46N2O2/c1-5-28-67-61(20-1)62-21-2-6-29-68(62)74(67)58-19-11-16-52(46-58)49-36-42-57(43-37-49)73(55-38-32-47(33-39-55)50-14-9-17-53(44-50)59-24-12-26-65-63-22-3-7-30-69(63)75-71(59)65)56-40-34-48(35-41-56)51-15-10-18-54(45-51)60-25-13-27-66-64-23-4-8-31-70(64)76-72(60)66/h1-46H. The van der Waals surface area contributed by atoms with Crippen LogP contribution in [-0.4, -0.2) is 4.57 Å².